The largest absolute Gasteiger partial charge is 0.465 e. The number of hydrogen-bond donors (Lipinski definition) is 2. The van der Waals surface area contributed by atoms with E-state index in [1.54, 1.807) is 24.3 Å². The van der Waals surface area contributed by atoms with Gasteiger partial charge in [-0.1, -0.05) is 42.5 Å². The zero-order valence-corrected chi connectivity index (χ0v) is 17.8. The van der Waals surface area contributed by atoms with Crippen LogP contribution in [0.5, 0.6) is 0 Å². The van der Waals surface area contributed by atoms with Crippen molar-refractivity contribution in [2.45, 2.75) is 18.3 Å². The van der Waals surface area contributed by atoms with Crippen LogP contribution < -0.4 is 0 Å². The van der Waals surface area contributed by atoms with E-state index in [0.29, 0.717) is 11.1 Å². The molecule has 0 spiro atoms. The van der Waals surface area contributed by atoms with Crippen molar-refractivity contribution in [3.05, 3.63) is 87.4 Å². The highest BCUT2D eigenvalue weighted by Gasteiger charge is 2.46. The zero-order chi connectivity index (χ0) is 21.7. The summed E-state index contributed by atoms with van der Waals surface area (Å²) in [5.74, 6) is -0.908. The predicted molar refractivity (Wildman–Crippen MR) is 115 cm³/mol. The lowest BCUT2D eigenvalue weighted by Gasteiger charge is -2.28. The number of methoxy groups -OCH3 is 1. The van der Waals surface area contributed by atoms with Gasteiger partial charge in [0.25, 0.3) is 0 Å². The lowest BCUT2D eigenvalue weighted by molar-refractivity contribution is -0.114. The van der Waals surface area contributed by atoms with Crippen LogP contribution in [-0.2, 0) is 20.9 Å². The minimum atomic E-state index is -1.91. The maximum absolute atomic E-state index is 12.6. The fourth-order valence-electron chi connectivity index (χ4n) is 3.09. The molecule has 1 aliphatic rings. The predicted octanol–water partition coefficient (Wildman–Crippen LogP) is 3.03. The highest BCUT2D eigenvalue weighted by molar-refractivity contribution is 9.12. The van der Waals surface area contributed by atoms with Crippen LogP contribution in [-0.4, -0.2) is 47.4 Å². The van der Waals surface area contributed by atoms with Gasteiger partial charge in [0.1, 0.15) is 11.7 Å². The number of rotatable bonds is 7. The topological polar surface area (TPSA) is 93.1 Å². The molecule has 0 radical (unpaired) electrons. The molecule has 0 aliphatic heterocycles. The first-order valence-electron chi connectivity index (χ1n) is 9.21. The van der Waals surface area contributed by atoms with Gasteiger partial charge in [-0.25, -0.2) is 4.79 Å². The Kier molecular flexibility index (Phi) is 6.99. The molecule has 1 aliphatic carbocycles. The Hall–Kier alpha value is -2.58. The third-order valence-corrected chi connectivity index (χ3v) is 5.37. The maximum atomic E-state index is 12.6. The van der Waals surface area contributed by atoms with Gasteiger partial charge in [0.15, 0.2) is 5.78 Å². The minimum Gasteiger partial charge on any atom is -0.465 e. The van der Waals surface area contributed by atoms with E-state index in [-0.39, 0.29) is 23.3 Å². The van der Waals surface area contributed by atoms with Gasteiger partial charge in [-0.2, -0.15) is 0 Å². The maximum Gasteiger partial charge on any atom is 0.337 e. The van der Waals surface area contributed by atoms with Crippen LogP contribution >= 0.6 is 15.9 Å². The van der Waals surface area contributed by atoms with Gasteiger partial charge in [-0.05, 0) is 51.3 Å². The molecule has 0 unspecified atom stereocenters. The number of carbonyl (C=O) groups is 2. The number of ether oxygens (including phenoxy) is 2. The van der Waals surface area contributed by atoms with Crippen molar-refractivity contribution in [3.8, 4) is 0 Å². The van der Waals surface area contributed by atoms with Crippen molar-refractivity contribution >= 4 is 33.8 Å². The summed E-state index contributed by atoms with van der Waals surface area (Å²) in [5.41, 5.74) is -0.0275. The molecule has 0 saturated heterocycles. The molecule has 6 nitrogen and oxygen atoms in total. The molecule has 2 atom stereocenters. The second kappa shape index (κ2) is 9.49. The van der Waals surface area contributed by atoms with Gasteiger partial charge in [0, 0.05) is 5.57 Å². The first-order chi connectivity index (χ1) is 14.3. The van der Waals surface area contributed by atoms with Crippen molar-refractivity contribution < 1.29 is 29.3 Å². The number of carbonyl (C=O) groups excluding carboxylic acids is 2. The van der Waals surface area contributed by atoms with E-state index in [0.717, 1.165) is 5.56 Å². The van der Waals surface area contributed by atoms with Crippen LogP contribution in [0.4, 0.5) is 0 Å². The summed E-state index contributed by atoms with van der Waals surface area (Å²) in [6, 6.07) is 15.8. The second-order valence-corrected chi connectivity index (χ2v) is 7.69. The first-order valence-corrected chi connectivity index (χ1v) is 10.00. The fraction of sp³-hybridized carbons (Fsp3) is 0.217. The Morgan fingerprint density at radius 3 is 2.47 bits per heavy atom. The monoisotopic (exact) mass is 472 g/mol. The van der Waals surface area contributed by atoms with E-state index >= 15 is 0 Å². The quantitative estimate of drug-likeness (QED) is 0.475. The second-order valence-electron chi connectivity index (χ2n) is 6.83. The third-order valence-electron chi connectivity index (χ3n) is 4.78. The number of ketones is 1. The molecule has 7 heteroatoms. The lowest BCUT2D eigenvalue weighted by Crippen LogP contribution is -2.44. The summed E-state index contributed by atoms with van der Waals surface area (Å²) in [4.78, 5) is 24.1. The summed E-state index contributed by atoms with van der Waals surface area (Å²) in [6.45, 7) is 0.0922. The summed E-state index contributed by atoms with van der Waals surface area (Å²) in [6.07, 6.45) is 1.40. The normalized spacial score (nSPS) is 20.9. The molecule has 0 fully saturated rings. The number of allylic oxidation sites excluding steroid dienone is 1. The molecule has 0 bridgehead atoms. The van der Waals surface area contributed by atoms with Crippen LogP contribution in [0.1, 0.15) is 21.5 Å². The Balaban J connectivity index is 1.77. The average molecular weight is 473 g/mol. The van der Waals surface area contributed by atoms with Gasteiger partial charge in [0.05, 0.1) is 30.4 Å². The molecule has 156 valence electrons. The Bertz CT molecular complexity index is 981. The molecule has 2 aromatic rings. The van der Waals surface area contributed by atoms with Crippen LogP contribution in [0.3, 0.4) is 0 Å². The number of Topliss-reactive ketones (excluding diaryl/α,β-unsaturated/α-hetero) is 1. The molecular weight excluding hydrogens is 452 g/mol. The lowest BCUT2D eigenvalue weighted by atomic mass is 9.89. The zero-order valence-electron chi connectivity index (χ0n) is 16.2. The van der Waals surface area contributed by atoms with E-state index in [1.165, 1.54) is 19.3 Å². The molecule has 0 aromatic heterocycles. The molecular formula is C23H21BrO6. The molecule has 30 heavy (non-hydrogen) atoms. The summed E-state index contributed by atoms with van der Waals surface area (Å²) in [7, 11) is 1.29. The highest BCUT2D eigenvalue weighted by Crippen LogP contribution is 2.37. The summed E-state index contributed by atoms with van der Waals surface area (Å²) in [5, 5.41) is 21.7. The van der Waals surface area contributed by atoms with Gasteiger partial charge in [-0.3, -0.25) is 4.79 Å². The van der Waals surface area contributed by atoms with Gasteiger partial charge >= 0.3 is 5.97 Å². The van der Waals surface area contributed by atoms with Gasteiger partial charge in [0.2, 0.25) is 0 Å². The van der Waals surface area contributed by atoms with Crippen molar-refractivity contribution in [1.29, 1.82) is 0 Å². The number of benzene rings is 2. The molecule has 2 N–H and O–H groups in total. The molecule has 0 amide bonds. The number of aliphatic hydroxyl groups excluding tert-OH is 1. The standard InChI is InChI=1S/C23H21BrO6/c1-29-22(27)17-9-7-15(8-10-17)11-18-21(26)19(24)12-23(18,28)20(25)14-30-13-16-5-3-2-4-6-16/h2-12,20,25,28H,13-14H2,1H3/b18-11-/t20-,23+/m1/s1. The molecule has 0 saturated carbocycles. The number of hydrogen-bond acceptors (Lipinski definition) is 6. The summed E-state index contributed by atoms with van der Waals surface area (Å²) < 4.78 is 10.4. The van der Waals surface area contributed by atoms with E-state index in [2.05, 4.69) is 20.7 Å². The van der Waals surface area contributed by atoms with Crippen LogP contribution in [0, 0.1) is 0 Å². The van der Waals surface area contributed by atoms with E-state index in [4.69, 9.17) is 4.74 Å². The first kappa shape index (κ1) is 22.1. The summed E-state index contributed by atoms with van der Waals surface area (Å²) >= 11 is 3.14. The Morgan fingerprint density at radius 2 is 1.83 bits per heavy atom. The number of esters is 1. The van der Waals surface area contributed by atoms with Crippen molar-refractivity contribution in [1.82, 2.24) is 0 Å². The van der Waals surface area contributed by atoms with Crippen molar-refractivity contribution in [2.24, 2.45) is 0 Å². The molecule has 3 rings (SSSR count). The third kappa shape index (κ3) is 4.76. The minimum absolute atomic E-state index is 0.0102. The van der Waals surface area contributed by atoms with Crippen LogP contribution in [0.25, 0.3) is 6.08 Å². The molecule has 2 aromatic carbocycles. The number of aliphatic hydroxyl groups is 2. The smallest absolute Gasteiger partial charge is 0.337 e. The van der Waals surface area contributed by atoms with E-state index in [9.17, 15) is 19.8 Å². The highest BCUT2D eigenvalue weighted by atomic mass is 79.9. The number of halogens is 1. The van der Waals surface area contributed by atoms with Crippen molar-refractivity contribution in [2.75, 3.05) is 13.7 Å². The van der Waals surface area contributed by atoms with E-state index < -0.39 is 23.5 Å². The SMILES string of the molecule is COC(=O)c1ccc(/C=C2/C(=O)C(Br)=C[C@@]2(O)[C@H](O)COCc2ccccc2)cc1. The van der Waals surface area contributed by atoms with Gasteiger partial charge in [-0.15, -0.1) is 0 Å². The van der Waals surface area contributed by atoms with E-state index in [1.807, 2.05) is 30.3 Å². The fourth-order valence-corrected chi connectivity index (χ4v) is 3.66. The van der Waals surface area contributed by atoms with Crippen LogP contribution in [0.2, 0.25) is 0 Å². The Morgan fingerprint density at radius 1 is 1.17 bits per heavy atom. The van der Waals surface area contributed by atoms with Gasteiger partial charge < -0.3 is 19.7 Å². The Labute approximate surface area is 182 Å². The molecule has 0 heterocycles. The van der Waals surface area contributed by atoms with Crippen molar-refractivity contribution in [3.63, 3.8) is 0 Å². The average Bonchev–Trinajstić information content (AvgIpc) is 2.98. The van der Waals surface area contributed by atoms with Crippen LogP contribution in [0.15, 0.2) is 70.7 Å².